The largest absolute Gasteiger partial charge is 0.480 e. The zero-order chi connectivity index (χ0) is 13.5. The van der Waals surface area contributed by atoms with E-state index in [9.17, 15) is 4.79 Å². The molecule has 1 rings (SSSR count). The third-order valence-corrected chi connectivity index (χ3v) is 3.08. The summed E-state index contributed by atoms with van der Waals surface area (Å²) in [5.41, 5.74) is 1.07. The SMILES string of the molecule is CCCn1cc(CN(CC(=O)O)C(C)CC)cn1. The minimum Gasteiger partial charge on any atom is -0.480 e. The van der Waals surface area contributed by atoms with Crippen molar-refractivity contribution in [3.8, 4) is 0 Å². The van der Waals surface area contributed by atoms with Crippen LogP contribution in [0.2, 0.25) is 0 Å². The van der Waals surface area contributed by atoms with Gasteiger partial charge in [0.05, 0.1) is 12.7 Å². The Morgan fingerprint density at radius 2 is 2.28 bits per heavy atom. The van der Waals surface area contributed by atoms with Crippen LogP contribution in [0.4, 0.5) is 0 Å². The van der Waals surface area contributed by atoms with Crippen LogP contribution in [0.15, 0.2) is 12.4 Å². The zero-order valence-electron chi connectivity index (χ0n) is 11.5. The molecule has 0 amide bonds. The number of nitrogens with zero attached hydrogens (tertiary/aromatic N) is 3. The van der Waals surface area contributed by atoms with Gasteiger partial charge in [0.1, 0.15) is 0 Å². The van der Waals surface area contributed by atoms with Crippen molar-refractivity contribution in [3.63, 3.8) is 0 Å². The van der Waals surface area contributed by atoms with E-state index in [1.807, 2.05) is 22.0 Å². The van der Waals surface area contributed by atoms with Crippen molar-refractivity contribution < 1.29 is 9.90 Å². The van der Waals surface area contributed by atoms with Gasteiger partial charge in [0, 0.05) is 30.9 Å². The Balaban J connectivity index is 2.66. The van der Waals surface area contributed by atoms with Crippen LogP contribution >= 0.6 is 0 Å². The van der Waals surface area contributed by atoms with Gasteiger partial charge in [-0.2, -0.15) is 5.10 Å². The summed E-state index contributed by atoms with van der Waals surface area (Å²) in [6, 6.07) is 0.260. The lowest BCUT2D eigenvalue weighted by atomic mass is 10.2. The summed E-state index contributed by atoms with van der Waals surface area (Å²) in [6.07, 6.45) is 5.81. The number of carbonyl (C=O) groups is 1. The van der Waals surface area contributed by atoms with E-state index in [1.165, 1.54) is 0 Å². The van der Waals surface area contributed by atoms with Gasteiger partial charge in [0.15, 0.2) is 0 Å². The average molecular weight is 253 g/mol. The second kappa shape index (κ2) is 7.16. The molecule has 1 heterocycles. The maximum Gasteiger partial charge on any atom is 0.317 e. The molecule has 1 unspecified atom stereocenters. The Kier molecular flexibility index (Phi) is 5.85. The number of aliphatic carboxylic acids is 1. The Hall–Kier alpha value is -1.36. The van der Waals surface area contributed by atoms with Gasteiger partial charge >= 0.3 is 5.97 Å². The molecule has 0 saturated heterocycles. The monoisotopic (exact) mass is 253 g/mol. The van der Waals surface area contributed by atoms with Crippen molar-refractivity contribution in [1.29, 1.82) is 0 Å². The van der Waals surface area contributed by atoms with E-state index in [-0.39, 0.29) is 12.6 Å². The van der Waals surface area contributed by atoms with Crippen LogP contribution in [0.5, 0.6) is 0 Å². The Morgan fingerprint density at radius 1 is 1.56 bits per heavy atom. The van der Waals surface area contributed by atoms with Crippen molar-refractivity contribution in [2.45, 2.75) is 52.7 Å². The van der Waals surface area contributed by atoms with Crippen LogP contribution in [0, 0.1) is 0 Å². The molecule has 0 saturated carbocycles. The van der Waals surface area contributed by atoms with Crippen LogP contribution < -0.4 is 0 Å². The summed E-state index contributed by atoms with van der Waals surface area (Å²) in [6.45, 7) is 7.86. The number of hydrogen-bond acceptors (Lipinski definition) is 3. The van der Waals surface area contributed by atoms with Gasteiger partial charge in [-0.05, 0) is 19.8 Å². The lowest BCUT2D eigenvalue weighted by Gasteiger charge is -2.25. The summed E-state index contributed by atoms with van der Waals surface area (Å²) in [7, 11) is 0. The summed E-state index contributed by atoms with van der Waals surface area (Å²) < 4.78 is 1.91. The molecule has 0 aromatic carbocycles. The molecule has 0 bridgehead atoms. The van der Waals surface area contributed by atoms with E-state index in [0.29, 0.717) is 6.54 Å². The molecule has 5 nitrogen and oxygen atoms in total. The molecule has 1 N–H and O–H groups in total. The minimum atomic E-state index is -0.781. The minimum absolute atomic E-state index is 0.0773. The van der Waals surface area contributed by atoms with Gasteiger partial charge in [0.25, 0.3) is 0 Å². The first-order chi connectivity index (χ1) is 8.56. The summed E-state index contributed by atoms with van der Waals surface area (Å²) >= 11 is 0. The third-order valence-electron chi connectivity index (χ3n) is 3.08. The maximum absolute atomic E-state index is 10.9. The van der Waals surface area contributed by atoms with Crippen molar-refractivity contribution in [3.05, 3.63) is 18.0 Å². The molecule has 0 aliphatic rings. The van der Waals surface area contributed by atoms with Crippen LogP contribution in [-0.2, 0) is 17.9 Å². The Labute approximate surface area is 108 Å². The third kappa shape index (κ3) is 4.49. The number of carboxylic acids is 1. The fourth-order valence-corrected chi connectivity index (χ4v) is 1.87. The number of carboxylic acid groups (broad SMARTS) is 1. The molecule has 0 spiro atoms. The molecule has 0 fully saturated rings. The molecule has 0 aliphatic carbocycles. The average Bonchev–Trinajstić information content (AvgIpc) is 2.75. The highest BCUT2D eigenvalue weighted by atomic mass is 16.4. The fraction of sp³-hybridized carbons (Fsp3) is 0.692. The van der Waals surface area contributed by atoms with E-state index < -0.39 is 5.97 Å². The second-order valence-corrected chi connectivity index (χ2v) is 4.67. The lowest BCUT2D eigenvalue weighted by molar-refractivity contribution is -0.139. The van der Waals surface area contributed by atoms with Crippen LogP contribution in [0.1, 0.15) is 39.2 Å². The first-order valence-electron chi connectivity index (χ1n) is 6.54. The standard InChI is InChI=1S/C13H23N3O2/c1-4-6-16-9-12(7-14-16)8-15(10-13(17)18)11(3)5-2/h7,9,11H,4-6,8,10H2,1-3H3,(H,17,18). The highest BCUT2D eigenvalue weighted by Gasteiger charge is 2.16. The summed E-state index contributed by atoms with van der Waals surface area (Å²) in [4.78, 5) is 12.8. The molecule has 102 valence electrons. The van der Waals surface area contributed by atoms with Gasteiger partial charge in [-0.3, -0.25) is 14.4 Å². The second-order valence-electron chi connectivity index (χ2n) is 4.67. The van der Waals surface area contributed by atoms with E-state index in [4.69, 9.17) is 5.11 Å². The van der Waals surface area contributed by atoms with Crippen molar-refractivity contribution in [1.82, 2.24) is 14.7 Å². The number of rotatable bonds is 8. The normalized spacial score (nSPS) is 12.9. The van der Waals surface area contributed by atoms with Gasteiger partial charge in [-0.1, -0.05) is 13.8 Å². The van der Waals surface area contributed by atoms with E-state index in [2.05, 4.69) is 25.9 Å². The molecule has 1 aromatic rings. The highest BCUT2D eigenvalue weighted by molar-refractivity contribution is 5.69. The predicted octanol–water partition coefficient (Wildman–Crippen LogP) is 1.98. The molecule has 0 aliphatic heterocycles. The topological polar surface area (TPSA) is 58.4 Å². The Morgan fingerprint density at radius 3 is 2.83 bits per heavy atom. The quantitative estimate of drug-likeness (QED) is 0.769. The number of aryl methyl sites for hydroxylation is 1. The first-order valence-corrected chi connectivity index (χ1v) is 6.54. The number of hydrogen-bond donors (Lipinski definition) is 1. The smallest absolute Gasteiger partial charge is 0.317 e. The molecule has 18 heavy (non-hydrogen) atoms. The van der Waals surface area contributed by atoms with Gasteiger partial charge < -0.3 is 5.11 Å². The lowest BCUT2D eigenvalue weighted by Crippen LogP contribution is -2.36. The van der Waals surface area contributed by atoms with Gasteiger partial charge in [0.2, 0.25) is 0 Å². The van der Waals surface area contributed by atoms with E-state index in [1.54, 1.807) is 0 Å². The molecule has 1 atom stereocenters. The van der Waals surface area contributed by atoms with Crippen molar-refractivity contribution in [2.75, 3.05) is 6.54 Å². The molecule has 1 aromatic heterocycles. The van der Waals surface area contributed by atoms with Crippen LogP contribution in [0.3, 0.4) is 0 Å². The maximum atomic E-state index is 10.9. The fourth-order valence-electron chi connectivity index (χ4n) is 1.87. The summed E-state index contributed by atoms with van der Waals surface area (Å²) in [5.74, 6) is -0.781. The van der Waals surface area contributed by atoms with Crippen LogP contribution in [-0.4, -0.2) is 38.3 Å². The zero-order valence-corrected chi connectivity index (χ0v) is 11.5. The van der Waals surface area contributed by atoms with E-state index >= 15 is 0 Å². The predicted molar refractivity (Wildman–Crippen MR) is 70.3 cm³/mol. The Bertz CT molecular complexity index is 376. The van der Waals surface area contributed by atoms with Gasteiger partial charge in [-0.15, -0.1) is 0 Å². The van der Waals surface area contributed by atoms with E-state index in [0.717, 1.165) is 24.9 Å². The molecule has 0 radical (unpaired) electrons. The first kappa shape index (κ1) is 14.7. The highest BCUT2D eigenvalue weighted by Crippen LogP contribution is 2.10. The molecular formula is C13H23N3O2. The van der Waals surface area contributed by atoms with Crippen molar-refractivity contribution in [2.24, 2.45) is 0 Å². The van der Waals surface area contributed by atoms with Crippen LogP contribution in [0.25, 0.3) is 0 Å². The number of aromatic nitrogens is 2. The molecule has 5 heteroatoms. The van der Waals surface area contributed by atoms with Crippen molar-refractivity contribution >= 4 is 5.97 Å². The van der Waals surface area contributed by atoms with Gasteiger partial charge in [-0.25, -0.2) is 0 Å². The summed E-state index contributed by atoms with van der Waals surface area (Å²) in [5, 5.41) is 13.2. The molecular weight excluding hydrogens is 230 g/mol.